The molecule has 104 valence electrons. The monoisotopic (exact) mass is 271 g/mol. The molecule has 0 radical (unpaired) electrons. The minimum absolute atomic E-state index is 0.146. The molecule has 2 aromatic carbocycles. The van der Waals surface area contributed by atoms with Gasteiger partial charge in [0.05, 0.1) is 18.8 Å². The van der Waals surface area contributed by atoms with Gasteiger partial charge in [-0.2, -0.15) is 0 Å². The summed E-state index contributed by atoms with van der Waals surface area (Å²) in [6.45, 7) is 0.845. The van der Waals surface area contributed by atoms with Gasteiger partial charge in [0.1, 0.15) is 0 Å². The summed E-state index contributed by atoms with van der Waals surface area (Å²) in [6, 6.07) is 13.2. The first kappa shape index (κ1) is 13.1. The fourth-order valence-electron chi connectivity index (χ4n) is 2.56. The van der Waals surface area contributed by atoms with E-state index in [0.717, 1.165) is 10.8 Å². The molecule has 0 unspecified atom stereocenters. The van der Waals surface area contributed by atoms with Crippen molar-refractivity contribution in [1.82, 2.24) is 5.32 Å². The third-order valence-electron chi connectivity index (χ3n) is 3.68. The van der Waals surface area contributed by atoms with Crippen LogP contribution in [0.5, 0.6) is 0 Å². The van der Waals surface area contributed by atoms with Crippen LogP contribution in [0.1, 0.15) is 16.8 Å². The Kier molecular flexibility index (Phi) is 3.67. The predicted molar refractivity (Wildman–Crippen MR) is 76.6 cm³/mol. The number of rotatable bonds is 2. The van der Waals surface area contributed by atoms with E-state index in [2.05, 4.69) is 5.32 Å². The average Bonchev–Trinajstić information content (AvgIpc) is 2.49. The molecule has 4 nitrogen and oxygen atoms in total. The van der Waals surface area contributed by atoms with Crippen LogP contribution < -0.4 is 5.32 Å². The van der Waals surface area contributed by atoms with Crippen molar-refractivity contribution in [2.24, 2.45) is 0 Å². The maximum absolute atomic E-state index is 12.4. The number of amides is 1. The Labute approximate surface area is 117 Å². The molecular weight excluding hydrogens is 254 g/mol. The quantitative estimate of drug-likeness (QED) is 0.874. The van der Waals surface area contributed by atoms with Crippen molar-refractivity contribution in [3.8, 4) is 0 Å². The fourth-order valence-corrected chi connectivity index (χ4v) is 2.56. The van der Waals surface area contributed by atoms with Crippen molar-refractivity contribution in [1.29, 1.82) is 0 Å². The summed E-state index contributed by atoms with van der Waals surface area (Å²) in [7, 11) is 0. The van der Waals surface area contributed by atoms with Crippen LogP contribution >= 0.6 is 0 Å². The van der Waals surface area contributed by atoms with Crippen LogP contribution in [0.4, 0.5) is 0 Å². The molecule has 0 bridgehead atoms. The average molecular weight is 271 g/mol. The molecular formula is C16H17NO3. The van der Waals surface area contributed by atoms with Gasteiger partial charge in [-0.1, -0.05) is 36.4 Å². The number of carbonyl (C=O) groups is 1. The van der Waals surface area contributed by atoms with Crippen LogP contribution in [0.25, 0.3) is 10.8 Å². The highest BCUT2D eigenvalue weighted by atomic mass is 16.5. The lowest BCUT2D eigenvalue weighted by molar-refractivity contribution is -0.0260. The summed E-state index contributed by atoms with van der Waals surface area (Å²) >= 11 is 0. The highest BCUT2D eigenvalue weighted by molar-refractivity contribution is 6.07. The lowest BCUT2D eigenvalue weighted by Crippen LogP contribution is -2.48. The molecule has 1 amide bonds. The lowest BCUT2D eigenvalue weighted by atomic mass is 10.0. The number of fused-ring (bicyclic) bond motifs is 1. The van der Waals surface area contributed by atoms with Gasteiger partial charge in [-0.3, -0.25) is 4.79 Å². The Hall–Kier alpha value is -1.91. The van der Waals surface area contributed by atoms with Crippen molar-refractivity contribution in [3.05, 3.63) is 48.0 Å². The second kappa shape index (κ2) is 5.61. The molecule has 3 rings (SSSR count). The number of ether oxygens (including phenoxy) is 1. The molecule has 0 saturated carbocycles. The van der Waals surface area contributed by atoms with E-state index in [0.29, 0.717) is 18.6 Å². The number of nitrogens with one attached hydrogen (secondary N) is 1. The van der Waals surface area contributed by atoms with Gasteiger partial charge >= 0.3 is 0 Å². The molecule has 1 heterocycles. The van der Waals surface area contributed by atoms with Crippen molar-refractivity contribution in [2.75, 3.05) is 13.2 Å². The molecule has 1 aliphatic heterocycles. The van der Waals surface area contributed by atoms with E-state index < -0.39 is 6.10 Å². The van der Waals surface area contributed by atoms with Crippen LogP contribution in [0.15, 0.2) is 42.5 Å². The number of aliphatic hydroxyl groups is 1. The zero-order valence-electron chi connectivity index (χ0n) is 11.1. The fraction of sp³-hybridized carbons (Fsp3) is 0.312. The highest BCUT2D eigenvalue weighted by Crippen LogP contribution is 2.19. The van der Waals surface area contributed by atoms with Crippen LogP contribution in [0.2, 0.25) is 0 Å². The molecule has 4 heteroatoms. The van der Waals surface area contributed by atoms with E-state index in [4.69, 9.17) is 4.74 Å². The topological polar surface area (TPSA) is 58.6 Å². The largest absolute Gasteiger partial charge is 0.389 e. The first-order chi connectivity index (χ1) is 9.75. The van der Waals surface area contributed by atoms with Gasteiger partial charge in [0.15, 0.2) is 0 Å². The second-order valence-electron chi connectivity index (χ2n) is 5.04. The molecule has 0 aromatic heterocycles. The van der Waals surface area contributed by atoms with Crippen molar-refractivity contribution >= 4 is 16.7 Å². The third kappa shape index (κ3) is 2.53. The van der Waals surface area contributed by atoms with Gasteiger partial charge in [0.2, 0.25) is 0 Å². The zero-order valence-corrected chi connectivity index (χ0v) is 11.1. The summed E-state index contributed by atoms with van der Waals surface area (Å²) in [6.07, 6.45) is 0.000169. The van der Waals surface area contributed by atoms with Crippen LogP contribution in [-0.2, 0) is 4.74 Å². The zero-order chi connectivity index (χ0) is 13.9. The molecule has 1 fully saturated rings. The molecule has 20 heavy (non-hydrogen) atoms. The van der Waals surface area contributed by atoms with Gasteiger partial charge in [0, 0.05) is 12.2 Å². The Balaban J connectivity index is 1.85. The van der Waals surface area contributed by atoms with Gasteiger partial charge in [-0.15, -0.1) is 0 Å². The Morgan fingerprint density at radius 3 is 2.85 bits per heavy atom. The third-order valence-corrected chi connectivity index (χ3v) is 3.68. The smallest absolute Gasteiger partial charge is 0.252 e. The summed E-state index contributed by atoms with van der Waals surface area (Å²) in [5.41, 5.74) is 0.641. The summed E-state index contributed by atoms with van der Waals surface area (Å²) in [5, 5.41) is 14.7. The van der Waals surface area contributed by atoms with E-state index in [1.165, 1.54) is 0 Å². The Morgan fingerprint density at radius 1 is 1.20 bits per heavy atom. The molecule has 0 spiro atoms. The maximum Gasteiger partial charge on any atom is 0.252 e. The Morgan fingerprint density at radius 2 is 2.00 bits per heavy atom. The van der Waals surface area contributed by atoms with E-state index in [-0.39, 0.29) is 18.6 Å². The van der Waals surface area contributed by atoms with Gasteiger partial charge in [0.25, 0.3) is 5.91 Å². The number of hydrogen-bond acceptors (Lipinski definition) is 3. The lowest BCUT2D eigenvalue weighted by Gasteiger charge is -2.28. The first-order valence-electron chi connectivity index (χ1n) is 6.80. The Bertz CT molecular complexity index is 621. The number of aliphatic hydroxyl groups excluding tert-OH is 1. The van der Waals surface area contributed by atoms with Gasteiger partial charge in [-0.25, -0.2) is 0 Å². The summed E-state index contributed by atoms with van der Waals surface area (Å²) in [5.74, 6) is -0.146. The van der Waals surface area contributed by atoms with E-state index >= 15 is 0 Å². The van der Waals surface area contributed by atoms with Gasteiger partial charge in [-0.05, 0) is 23.3 Å². The molecule has 1 saturated heterocycles. The summed E-state index contributed by atoms with van der Waals surface area (Å²) in [4.78, 5) is 12.4. The van der Waals surface area contributed by atoms with Crippen molar-refractivity contribution in [3.63, 3.8) is 0 Å². The number of hydrogen-bond donors (Lipinski definition) is 2. The SMILES string of the molecule is O=C(N[C@H]1CCOC[C@@H]1O)c1cccc2ccccc12. The van der Waals surface area contributed by atoms with Crippen LogP contribution in [0.3, 0.4) is 0 Å². The van der Waals surface area contributed by atoms with E-state index in [1.807, 2.05) is 42.5 Å². The molecule has 2 atom stereocenters. The minimum Gasteiger partial charge on any atom is -0.389 e. The molecule has 2 N–H and O–H groups in total. The number of benzene rings is 2. The minimum atomic E-state index is -0.636. The standard InChI is InChI=1S/C16H17NO3/c18-15-10-20-9-8-14(15)17-16(19)13-7-3-5-11-4-1-2-6-12(11)13/h1-7,14-15,18H,8-10H2,(H,17,19)/t14-,15-/m0/s1. The summed E-state index contributed by atoms with van der Waals surface area (Å²) < 4.78 is 5.17. The van der Waals surface area contributed by atoms with E-state index in [9.17, 15) is 9.90 Å². The molecule has 1 aliphatic rings. The normalized spacial score (nSPS) is 22.6. The maximum atomic E-state index is 12.4. The molecule has 0 aliphatic carbocycles. The first-order valence-corrected chi connectivity index (χ1v) is 6.80. The highest BCUT2D eigenvalue weighted by Gasteiger charge is 2.25. The van der Waals surface area contributed by atoms with Crippen molar-refractivity contribution < 1.29 is 14.6 Å². The number of carbonyl (C=O) groups excluding carboxylic acids is 1. The van der Waals surface area contributed by atoms with E-state index in [1.54, 1.807) is 0 Å². The second-order valence-corrected chi connectivity index (χ2v) is 5.04. The van der Waals surface area contributed by atoms with Crippen LogP contribution in [0, 0.1) is 0 Å². The van der Waals surface area contributed by atoms with Crippen molar-refractivity contribution in [2.45, 2.75) is 18.6 Å². The van der Waals surface area contributed by atoms with Crippen LogP contribution in [-0.4, -0.2) is 36.4 Å². The van der Waals surface area contributed by atoms with Gasteiger partial charge < -0.3 is 15.2 Å². The molecule has 2 aromatic rings. The predicted octanol–water partition coefficient (Wildman–Crippen LogP) is 1.72.